The van der Waals surface area contributed by atoms with Crippen molar-refractivity contribution in [3.8, 4) is 5.75 Å². The fraction of sp³-hybridized carbons (Fsp3) is 0.0526. The largest absolute Gasteiger partial charge is 0.494 e. The molecular weight excluding hydrogens is 272 g/mol. The van der Waals surface area contributed by atoms with Gasteiger partial charge in [0.05, 0.1) is 25.2 Å². The zero-order chi connectivity index (χ0) is 15.2. The van der Waals surface area contributed by atoms with Crippen molar-refractivity contribution in [2.75, 3.05) is 7.11 Å². The lowest BCUT2D eigenvalue weighted by atomic mass is 10.0. The van der Waals surface area contributed by atoms with Gasteiger partial charge in [-0.1, -0.05) is 60.7 Å². The third kappa shape index (κ3) is 3.04. The van der Waals surface area contributed by atoms with Gasteiger partial charge in [-0.25, -0.2) is 4.99 Å². The fourth-order valence-electron chi connectivity index (χ4n) is 2.19. The molecular formula is C19H15N2O. The van der Waals surface area contributed by atoms with Gasteiger partial charge in [-0.15, -0.1) is 0 Å². The lowest BCUT2D eigenvalue weighted by molar-refractivity contribution is 0.415. The summed E-state index contributed by atoms with van der Waals surface area (Å²) in [7, 11) is 1.62. The van der Waals surface area contributed by atoms with Crippen LogP contribution < -0.4 is 4.74 Å². The van der Waals surface area contributed by atoms with Gasteiger partial charge in [-0.05, 0) is 0 Å². The molecule has 0 saturated heterocycles. The first kappa shape index (κ1) is 14.0. The van der Waals surface area contributed by atoms with E-state index in [4.69, 9.17) is 9.73 Å². The van der Waals surface area contributed by atoms with E-state index in [0.29, 0.717) is 11.4 Å². The SMILES string of the molecule is COc1c[c]ncc1N=C(c1ccccc1)c1ccccc1. The van der Waals surface area contributed by atoms with Crippen LogP contribution in [0.2, 0.25) is 0 Å². The molecule has 3 heteroatoms. The predicted molar refractivity (Wildman–Crippen MR) is 87.8 cm³/mol. The number of nitrogens with zero attached hydrogens (tertiary/aromatic N) is 2. The Morgan fingerprint density at radius 2 is 1.55 bits per heavy atom. The second-order valence-electron chi connectivity index (χ2n) is 4.68. The molecule has 0 fully saturated rings. The fourth-order valence-corrected chi connectivity index (χ4v) is 2.19. The van der Waals surface area contributed by atoms with Crippen LogP contribution in [0.1, 0.15) is 11.1 Å². The Hall–Kier alpha value is -2.94. The van der Waals surface area contributed by atoms with Crippen molar-refractivity contribution in [3.63, 3.8) is 0 Å². The first-order valence-corrected chi connectivity index (χ1v) is 6.98. The molecule has 0 spiro atoms. The highest BCUT2D eigenvalue weighted by molar-refractivity contribution is 6.14. The van der Waals surface area contributed by atoms with Crippen molar-refractivity contribution in [2.24, 2.45) is 4.99 Å². The van der Waals surface area contributed by atoms with Crippen molar-refractivity contribution >= 4 is 11.4 Å². The summed E-state index contributed by atoms with van der Waals surface area (Å²) in [5, 5.41) is 0. The van der Waals surface area contributed by atoms with E-state index in [1.54, 1.807) is 19.4 Å². The van der Waals surface area contributed by atoms with Gasteiger partial charge in [-0.2, -0.15) is 0 Å². The van der Waals surface area contributed by atoms with E-state index in [-0.39, 0.29) is 0 Å². The summed E-state index contributed by atoms with van der Waals surface area (Å²) in [6.45, 7) is 0. The molecule has 3 nitrogen and oxygen atoms in total. The summed E-state index contributed by atoms with van der Waals surface area (Å²) in [4.78, 5) is 8.80. The van der Waals surface area contributed by atoms with Crippen LogP contribution in [-0.4, -0.2) is 17.8 Å². The highest BCUT2D eigenvalue weighted by Gasteiger charge is 2.09. The molecule has 0 N–H and O–H groups in total. The maximum atomic E-state index is 5.34. The van der Waals surface area contributed by atoms with Crippen LogP contribution in [-0.2, 0) is 0 Å². The Bertz CT molecular complexity index is 726. The van der Waals surface area contributed by atoms with Crippen molar-refractivity contribution in [2.45, 2.75) is 0 Å². The third-order valence-corrected chi connectivity index (χ3v) is 3.26. The molecule has 0 saturated carbocycles. The van der Waals surface area contributed by atoms with E-state index in [1.807, 2.05) is 60.7 Å². The molecule has 0 bridgehead atoms. The van der Waals surface area contributed by atoms with E-state index in [9.17, 15) is 0 Å². The summed E-state index contributed by atoms with van der Waals surface area (Å²) in [5.41, 5.74) is 3.66. The minimum atomic E-state index is 0.652. The van der Waals surface area contributed by atoms with E-state index < -0.39 is 0 Å². The average Bonchev–Trinajstić information content (AvgIpc) is 2.61. The molecule has 3 aromatic rings. The number of hydrogen-bond donors (Lipinski definition) is 0. The maximum absolute atomic E-state index is 5.34. The van der Waals surface area contributed by atoms with Crippen LogP contribution in [0, 0.1) is 6.20 Å². The highest BCUT2D eigenvalue weighted by atomic mass is 16.5. The molecule has 0 amide bonds. The number of rotatable bonds is 4. The van der Waals surface area contributed by atoms with Gasteiger partial charge in [0.2, 0.25) is 0 Å². The standard InChI is InChI=1S/C19H15N2O/c1-22-18-12-13-20-14-17(18)21-19(15-8-4-2-5-9-15)16-10-6-3-7-11-16/h2-12,14H,1H3. The second kappa shape index (κ2) is 6.68. The highest BCUT2D eigenvalue weighted by Crippen LogP contribution is 2.27. The molecule has 0 atom stereocenters. The molecule has 0 aliphatic rings. The van der Waals surface area contributed by atoms with E-state index >= 15 is 0 Å². The number of benzene rings is 2. The average molecular weight is 287 g/mol. The smallest absolute Gasteiger partial charge is 0.148 e. The topological polar surface area (TPSA) is 34.5 Å². The van der Waals surface area contributed by atoms with E-state index in [1.165, 1.54) is 0 Å². The summed E-state index contributed by atoms with van der Waals surface area (Å²) in [6.07, 6.45) is 4.42. The summed E-state index contributed by atoms with van der Waals surface area (Å²) in [6, 6.07) is 21.8. The number of hydrogen-bond acceptors (Lipinski definition) is 3. The molecule has 107 valence electrons. The second-order valence-corrected chi connectivity index (χ2v) is 4.68. The quantitative estimate of drug-likeness (QED) is 0.678. The van der Waals surface area contributed by atoms with Gasteiger partial charge in [0.15, 0.2) is 0 Å². The number of methoxy groups -OCH3 is 1. The van der Waals surface area contributed by atoms with Gasteiger partial charge in [0, 0.05) is 17.2 Å². The minimum Gasteiger partial charge on any atom is -0.494 e. The van der Waals surface area contributed by atoms with Crippen molar-refractivity contribution in [1.29, 1.82) is 0 Å². The Morgan fingerprint density at radius 3 is 2.09 bits per heavy atom. The molecule has 22 heavy (non-hydrogen) atoms. The minimum absolute atomic E-state index is 0.652. The monoisotopic (exact) mass is 287 g/mol. The molecule has 1 aromatic heterocycles. The van der Waals surface area contributed by atoms with Crippen molar-refractivity contribution < 1.29 is 4.74 Å². The van der Waals surface area contributed by atoms with Gasteiger partial charge in [0.1, 0.15) is 11.4 Å². The Labute approximate surface area is 130 Å². The molecule has 0 aliphatic carbocycles. The number of ether oxygens (including phenoxy) is 1. The van der Waals surface area contributed by atoms with Crippen molar-refractivity contribution in [1.82, 2.24) is 4.98 Å². The Morgan fingerprint density at radius 1 is 0.955 bits per heavy atom. The van der Waals surface area contributed by atoms with Crippen molar-refractivity contribution in [3.05, 3.63) is 90.3 Å². The molecule has 1 radical (unpaired) electrons. The molecule has 1 heterocycles. The lowest BCUT2D eigenvalue weighted by Gasteiger charge is -2.09. The first-order valence-electron chi connectivity index (χ1n) is 6.98. The maximum Gasteiger partial charge on any atom is 0.148 e. The number of aliphatic imine (C=N–C) groups is 1. The summed E-state index contributed by atoms with van der Waals surface area (Å²) < 4.78 is 5.34. The molecule has 3 rings (SSSR count). The number of pyridine rings is 1. The van der Waals surface area contributed by atoms with E-state index in [0.717, 1.165) is 16.8 Å². The first-order chi connectivity index (χ1) is 10.9. The normalized spacial score (nSPS) is 10.0. The summed E-state index contributed by atoms with van der Waals surface area (Å²) >= 11 is 0. The van der Waals surface area contributed by atoms with Crippen LogP contribution in [0.4, 0.5) is 5.69 Å². The third-order valence-electron chi connectivity index (χ3n) is 3.26. The summed E-state index contributed by atoms with van der Waals surface area (Å²) in [5.74, 6) is 0.652. The number of aromatic nitrogens is 1. The molecule has 0 aliphatic heterocycles. The zero-order valence-electron chi connectivity index (χ0n) is 12.2. The van der Waals surface area contributed by atoms with Gasteiger partial charge in [-0.3, -0.25) is 4.98 Å². The van der Waals surface area contributed by atoms with Crippen LogP contribution in [0.5, 0.6) is 5.75 Å². The molecule has 0 unspecified atom stereocenters. The van der Waals surface area contributed by atoms with Crippen LogP contribution in [0.15, 0.2) is 77.9 Å². The van der Waals surface area contributed by atoms with Crippen LogP contribution in [0.25, 0.3) is 0 Å². The predicted octanol–water partition coefficient (Wildman–Crippen LogP) is 4.06. The van der Waals surface area contributed by atoms with Gasteiger partial charge < -0.3 is 4.74 Å². The molecule has 2 aromatic carbocycles. The van der Waals surface area contributed by atoms with Gasteiger partial charge in [0.25, 0.3) is 0 Å². The zero-order valence-corrected chi connectivity index (χ0v) is 12.2. The van der Waals surface area contributed by atoms with Crippen LogP contribution in [0.3, 0.4) is 0 Å². The Balaban J connectivity index is 2.16. The van der Waals surface area contributed by atoms with Gasteiger partial charge >= 0.3 is 0 Å². The lowest BCUT2D eigenvalue weighted by Crippen LogP contribution is -2.02. The van der Waals surface area contributed by atoms with Crippen LogP contribution >= 0.6 is 0 Å². The van der Waals surface area contributed by atoms with E-state index in [2.05, 4.69) is 11.2 Å². The Kier molecular flexibility index (Phi) is 4.25.